The summed E-state index contributed by atoms with van der Waals surface area (Å²) in [6, 6.07) is 25.3. The van der Waals surface area contributed by atoms with Crippen molar-refractivity contribution in [3.8, 4) is 11.1 Å². The summed E-state index contributed by atoms with van der Waals surface area (Å²) in [6.07, 6.45) is 3.26. The van der Waals surface area contributed by atoms with Crippen molar-refractivity contribution in [3.63, 3.8) is 0 Å². The first-order chi connectivity index (χ1) is 21.0. The molecule has 1 aliphatic heterocycles. The van der Waals surface area contributed by atoms with Crippen LogP contribution in [-0.2, 0) is 9.59 Å². The molecule has 2 unspecified atom stereocenters. The first-order valence-electron chi connectivity index (χ1n) is 15.3. The van der Waals surface area contributed by atoms with Gasteiger partial charge >= 0.3 is 0 Å². The van der Waals surface area contributed by atoms with Crippen LogP contribution in [0.2, 0.25) is 0 Å². The molecule has 0 bridgehead atoms. The zero-order valence-corrected chi connectivity index (χ0v) is 24.7. The van der Waals surface area contributed by atoms with Gasteiger partial charge in [0.25, 0.3) is 5.89 Å². The Balaban J connectivity index is 1.15. The Morgan fingerprint density at radius 1 is 0.884 bits per heavy atom. The number of rotatable bonds is 13. The van der Waals surface area contributed by atoms with E-state index in [0.29, 0.717) is 37.0 Å². The Bertz CT molecular complexity index is 1510. The zero-order chi connectivity index (χ0) is 30.0. The van der Waals surface area contributed by atoms with Crippen molar-refractivity contribution in [3.05, 3.63) is 90.3 Å². The molecular weight excluding hydrogens is 540 g/mol. The molecule has 0 radical (unpaired) electrons. The number of benzene rings is 3. The second-order valence-corrected chi connectivity index (χ2v) is 11.4. The minimum Gasteiger partial charge on any atom is -0.434 e. The summed E-state index contributed by atoms with van der Waals surface area (Å²) in [5, 5.41) is 9.29. The lowest BCUT2D eigenvalue weighted by atomic mass is 9.91. The highest BCUT2D eigenvalue weighted by Gasteiger charge is 2.27. The number of carbonyl (C=O) groups is 3. The van der Waals surface area contributed by atoms with Gasteiger partial charge < -0.3 is 20.4 Å². The van der Waals surface area contributed by atoms with E-state index in [-0.39, 0.29) is 35.3 Å². The Kier molecular flexibility index (Phi) is 10.3. The number of oxazole rings is 1. The molecule has 1 aromatic heterocycles. The van der Waals surface area contributed by atoms with Gasteiger partial charge in [-0.3, -0.25) is 14.4 Å². The Morgan fingerprint density at radius 3 is 2.33 bits per heavy atom. The maximum atomic E-state index is 13.7. The van der Waals surface area contributed by atoms with Gasteiger partial charge in [0.1, 0.15) is 5.52 Å². The molecule has 2 heterocycles. The molecule has 2 atom stereocenters. The molecule has 224 valence electrons. The van der Waals surface area contributed by atoms with E-state index < -0.39 is 5.92 Å². The fraction of sp³-hybridized carbons (Fsp3) is 0.371. The standard InChI is InChI=1S/C35H40N4O4/c1-24(14-20-38-34(42)27-15-18-36-19-16-27)22-32(40)37-21-17-29(26-10-6-3-7-11-26)33(41)35-39-30-23-28(12-13-31(30)43-35)25-8-4-2-5-9-25/h2-13,23-24,27,29,36H,14-22H2,1H3,(H,37,40)(H,38,42). The number of nitrogens with one attached hydrogen (secondary N) is 3. The number of hydrogen-bond acceptors (Lipinski definition) is 6. The topological polar surface area (TPSA) is 113 Å². The SMILES string of the molecule is CC(CCNC(=O)C1CCNCC1)CC(=O)NCCC(C(=O)c1nc2cc(-c3ccccc3)ccc2o1)c1ccccc1. The van der Waals surface area contributed by atoms with Crippen LogP contribution < -0.4 is 16.0 Å². The van der Waals surface area contributed by atoms with Gasteiger partial charge in [0.05, 0.1) is 5.92 Å². The molecule has 1 saturated heterocycles. The number of ketones is 1. The number of fused-ring (bicyclic) bond motifs is 1. The number of hydrogen-bond donors (Lipinski definition) is 3. The Labute approximate surface area is 252 Å². The van der Waals surface area contributed by atoms with Gasteiger partial charge in [0.15, 0.2) is 5.58 Å². The van der Waals surface area contributed by atoms with E-state index in [9.17, 15) is 14.4 Å². The molecule has 8 nitrogen and oxygen atoms in total. The van der Waals surface area contributed by atoms with Crippen molar-refractivity contribution in [2.45, 2.75) is 44.9 Å². The van der Waals surface area contributed by atoms with Crippen LogP contribution in [-0.4, -0.2) is 48.8 Å². The number of carbonyl (C=O) groups excluding carboxylic acids is 3. The molecule has 0 saturated carbocycles. The predicted molar refractivity (Wildman–Crippen MR) is 168 cm³/mol. The molecule has 43 heavy (non-hydrogen) atoms. The Morgan fingerprint density at radius 2 is 1.58 bits per heavy atom. The number of aromatic nitrogens is 1. The fourth-order valence-electron chi connectivity index (χ4n) is 5.64. The summed E-state index contributed by atoms with van der Waals surface area (Å²) in [5.41, 5.74) is 4.11. The lowest BCUT2D eigenvalue weighted by molar-refractivity contribution is -0.125. The van der Waals surface area contributed by atoms with E-state index >= 15 is 0 Å². The van der Waals surface area contributed by atoms with Crippen LogP contribution in [0.15, 0.2) is 83.3 Å². The second-order valence-electron chi connectivity index (χ2n) is 11.4. The van der Waals surface area contributed by atoms with E-state index in [0.717, 1.165) is 49.0 Å². The summed E-state index contributed by atoms with van der Waals surface area (Å²) >= 11 is 0. The lowest BCUT2D eigenvalue weighted by Crippen LogP contribution is -2.38. The molecule has 4 aromatic rings. The zero-order valence-electron chi connectivity index (χ0n) is 24.7. The number of amides is 2. The van der Waals surface area contributed by atoms with Crippen LogP contribution >= 0.6 is 0 Å². The van der Waals surface area contributed by atoms with Crippen LogP contribution in [0.3, 0.4) is 0 Å². The van der Waals surface area contributed by atoms with Crippen molar-refractivity contribution in [1.82, 2.24) is 20.9 Å². The third kappa shape index (κ3) is 8.17. The van der Waals surface area contributed by atoms with Crippen LogP contribution in [0, 0.1) is 11.8 Å². The van der Waals surface area contributed by atoms with Gasteiger partial charge in [-0.1, -0.05) is 73.7 Å². The van der Waals surface area contributed by atoms with Gasteiger partial charge in [-0.15, -0.1) is 0 Å². The molecule has 3 aromatic carbocycles. The summed E-state index contributed by atoms with van der Waals surface area (Å²) in [7, 11) is 0. The first kappa shape index (κ1) is 30.2. The summed E-state index contributed by atoms with van der Waals surface area (Å²) in [4.78, 5) is 43.3. The normalized spacial score (nSPS) is 15.1. The van der Waals surface area contributed by atoms with Crippen LogP contribution in [0.4, 0.5) is 0 Å². The van der Waals surface area contributed by atoms with Gasteiger partial charge in [0, 0.05) is 25.4 Å². The van der Waals surface area contributed by atoms with Gasteiger partial charge in [-0.25, -0.2) is 4.98 Å². The van der Waals surface area contributed by atoms with Crippen LogP contribution in [0.1, 0.15) is 61.2 Å². The van der Waals surface area contributed by atoms with Gasteiger partial charge in [0.2, 0.25) is 17.6 Å². The predicted octanol–water partition coefficient (Wildman–Crippen LogP) is 5.50. The van der Waals surface area contributed by atoms with Crippen molar-refractivity contribution in [2.75, 3.05) is 26.2 Å². The molecule has 8 heteroatoms. The monoisotopic (exact) mass is 580 g/mol. The summed E-state index contributed by atoms with van der Waals surface area (Å²) in [5.74, 6) is -0.388. The van der Waals surface area contributed by atoms with Crippen molar-refractivity contribution >= 4 is 28.7 Å². The average Bonchev–Trinajstić information content (AvgIpc) is 3.48. The summed E-state index contributed by atoms with van der Waals surface area (Å²) in [6.45, 7) is 4.70. The number of Topliss-reactive ketones (excluding diaryl/α,β-unsaturated/α-hetero) is 1. The summed E-state index contributed by atoms with van der Waals surface area (Å²) < 4.78 is 5.92. The lowest BCUT2D eigenvalue weighted by Gasteiger charge is -2.22. The molecule has 2 amide bonds. The van der Waals surface area contributed by atoms with E-state index in [4.69, 9.17) is 4.42 Å². The van der Waals surface area contributed by atoms with E-state index in [1.807, 2.05) is 85.8 Å². The molecular formula is C35H40N4O4. The highest BCUT2D eigenvalue weighted by molar-refractivity contribution is 5.99. The number of nitrogens with zero attached hydrogens (tertiary/aromatic N) is 1. The molecule has 3 N–H and O–H groups in total. The van der Waals surface area contributed by atoms with Crippen LogP contribution in [0.25, 0.3) is 22.2 Å². The maximum absolute atomic E-state index is 13.7. The highest BCUT2D eigenvalue weighted by Crippen LogP contribution is 2.28. The Hall–Kier alpha value is -4.30. The largest absolute Gasteiger partial charge is 0.434 e. The van der Waals surface area contributed by atoms with E-state index in [1.54, 1.807) is 0 Å². The number of piperidine rings is 1. The average molecular weight is 581 g/mol. The molecule has 1 fully saturated rings. The third-order valence-electron chi connectivity index (χ3n) is 8.16. The maximum Gasteiger partial charge on any atom is 0.264 e. The third-order valence-corrected chi connectivity index (χ3v) is 8.16. The molecule has 0 spiro atoms. The van der Waals surface area contributed by atoms with Crippen molar-refractivity contribution in [1.29, 1.82) is 0 Å². The van der Waals surface area contributed by atoms with E-state index in [2.05, 4.69) is 20.9 Å². The first-order valence-corrected chi connectivity index (χ1v) is 15.3. The van der Waals surface area contributed by atoms with Crippen molar-refractivity contribution in [2.24, 2.45) is 11.8 Å². The van der Waals surface area contributed by atoms with Crippen molar-refractivity contribution < 1.29 is 18.8 Å². The highest BCUT2D eigenvalue weighted by atomic mass is 16.4. The minimum absolute atomic E-state index is 0.0632. The molecule has 1 aliphatic rings. The van der Waals surface area contributed by atoms with E-state index in [1.165, 1.54) is 0 Å². The molecule has 0 aliphatic carbocycles. The smallest absolute Gasteiger partial charge is 0.264 e. The molecule has 5 rings (SSSR count). The minimum atomic E-state index is -0.509. The fourth-order valence-corrected chi connectivity index (χ4v) is 5.64. The van der Waals surface area contributed by atoms with Crippen LogP contribution in [0.5, 0.6) is 0 Å². The van der Waals surface area contributed by atoms with Gasteiger partial charge in [-0.2, -0.15) is 0 Å². The van der Waals surface area contributed by atoms with Gasteiger partial charge in [-0.05, 0) is 73.5 Å². The quantitative estimate of drug-likeness (QED) is 0.180. The second kappa shape index (κ2) is 14.7.